The molecule has 1 aliphatic heterocycles. The van der Waals surface area contributed by atoms with Crippen molar-refractivity contribution < 1.29 is 27.4 Å². The molecule has 3 N–H and O–H groups in total. The van der Waals surface area contributed by atoms with Gasteiger partial charge in [-0.1, -0.05) is 25.3 Å². The van der Waals surface area contributed by atoms with Crippen LogP contribution in [0.4, 0.5) is 4.39 Å². The molecule has 4 rings (SSSR count). The molecular weight excluding hydrogens is 435 g/mol. The zero-order chi connectivity index (χ0) is 22.8. The van der Waals surface area contributed by atoms with Crippen LogP contribution in [0.3, 0.4) is 0 Å². The third kappa shape index (κ3) is 5.80. The van der Waals surface area contributed by atoms with E-state index in [9.17, 15) is 22.7 Å². The number of carbonyl (C=O) groups is 1. The van der Waals surface area contributed by atoms with Crippen molar-refractivity contribution in [3.63, 3.8) is 0 Å². The van der Waals surface area contributed by atoms with Gasteiger partial charge in [0.2, 0.25) is 15.9 Å². The predicted molar refractivity (Wildman–Crippen MR) is 118 cm³/mol. The number of unbranched alkanes of at least 4 members (excludes halogenated alkanes) is 2. The van der Waals surface area contributed by atoms with Gasteiger partial charge in [-0.25, -0.2) is 17.5 Å². The van der Waals surface area contributed by atoms with E-state index >= 15 is 0 Å². The molecule has 3 aliphatic rings. The Bertz CT molecular complexity index is 930. The van der Waals surface area contributed by atoms with Crippen molar-refractivity contribution in [3.8, 4) is 5.75 Å². The van der Waals surface area contributed by atoms with Gasteiger partial charge in [-0.3, -0.25) is 4.79 Å². The summed E-state index contributed by atoms with van der Waals surface area (Å²) in [4.78, 5) is 11.3. The summed E-state index contributed by atoms with van der Waals surface area (Å²) in [5, 5.41) is 12.2. The van der Waals surface area contributed by atoms with Crippen LogP contribution in [0, 0.1) is 17.7 Å². The first-order chi connectivity index (χ1) is 15.3. The van der Waals surface area contributed by atoms with Gasteiger partial charge >= 0.3 is 0 Å². The summed E-state index contributed by atoms with van der Waals surface area (Å²) in [7, 11) is -3.49. The highest BCUT2D eigenvalue weighted by Gasteiger charge is 2.47. The van der Waals surface area contributed by atoms with Crippen LogP contribution >= 0.6 is 0 Å². The molecule has 0 spiro atoms. The van der Waals surface area contributed by atoms with Crippen molar-refractivity contribution in [1.82, 2.24) is 10.0 Å². The van der Waals surface area contributed by atoms with E-state index in [4.69, 9.17) is 4.74 Å². The predicted octanol–water partition coefficient (Wildman–Crippen LogP) is 2.93. The first-order valence-electron chi connectivity index (χ1n) is 11.7. The molecule has 1 aromatic rings. The van der Waals surface area contributed by atoms with E-state index in [0.29, 0.717) is 51.0 Å². The van der Waals surface area contributed by atoms with Crippen LogP contribution < -0.4 is 14.8 Å². The second-order valence-corrected chi connectivity index (χ2v) is 11.4. The molecular formula is C23H33FN2O5S. The van der Waals surface area contributed by atoms with Gasteiger partial charge in [0.05, 0.1) is 17.9 Å². The highest BCUT2D eigenvalue weighted by molar-refractivity contribution is 7.89. The highest BCUT2D eigenvalue weighted by Crippen LogP contribution is 2.47. The summed E-state index contributed by atoms with van der Waals surface area (Å²) in [5.74, 6) is 0.0522. The summed E-state index contributed by atoms with van der Waals surface area (Å²) < 4.78 is 48.1. The van der Waals surface area contributed by atoms with E-state index in [0.717, 1.165) is 24.8 Å². The summed E-state index contributed by atoms with van der Waals surface area (Å²) in [6.45, 7) is 0.501. The molecule has 1 saturated heterocycles. The molecule has 1 amide bonds. The second kappa shape index (κ2) is 9.65. The normalized spacial score (nSPS) is 24.8. The Morgan fingerprint density at radius 1 is 1.22 bits per heavy atom. The Morgan fingerprint density at radius 3 is 2.62 bits per heavy atom. The fourth-order valence-corrected chi connectivity index (χ4v) is 6.13. The van der Waals surface area contributed by atoms with Crippen LogP contribution in [-0.2, 0) is 20.4 Å². The number of hydrogen-bond acceptors (Lipinski definition) is 5. The molecule has 2 atom stereocenters. The Hall–Kier alpha value is -1.71. The fourth-order valence-electron chi connectivity index (χ4n) is 4.53. The third-order valence-corrected chi connectivity index (χ3v) is 8.50. The van der Waals surface area contributed by atoms with Gasteiger partial charge in [0.1, 0.15) is 6.23 Å². The van der Waals surface area contributed by atoms with Gasteiger partial charge in [-0.2, -0.15) is 0 Å². The van der Waals surface area contributed by atoms with E-state index in [1.807, 2.05) is 0 Å². The topological polar surface area (TPSA) is 105 Å². The lowest BCUT2D eigenvalue weighted by Gasteiger charge is -2.25. The first kappa shape index (κ1) is 23.4. The van der Waals surface area contributed by atoms with Gasteiger partial charge in [-0.05, 0) is 62.1 Å². The fraction of sp³-hybridized carbons (Fsp3) is 0.696. The zero-order valence-electron chi connectivity index (χ0n) is 18.3. The summed E-state index contributed by atoms with van der Waals surface area (Å²) in [6, 6.07) is 4.64. The minimum Gasteiger partial charge on any atom is -0.490 e. The van der Waals surface area contributed by atoms with Gasteiger partial charge in [0.15, 0.2) is 11.6 Å². The first-order valence-corrected chi connectivity index (χ1v) is 13.3. The maximum absolute atomic E-state index is 14.2. The lowest BCUT2D eigenvalue weighted by molar-refractivity contribution is -0.120. The van der Waals surface area contributed by atoms with Gasteiger partial charge in [0, 0.05) is 12.3 Å². The van der Waals surface area contributed by atoms with Crippen LogP contribution in [0.1, 0.15) is 69.8 Å². The quantitative estimate of drug-likeness (QED) is 0.409. The van der Waals surface area contributed by atoms with E-state index in [-0.39, 0.29) is 23.3 Å². The highest BCUT2D eigenvalue weighted by atomic mass is 32.2. The van der Waals surface area contributed by atoms with Crippen molar-refractivity contribution >= 4 is 15.9 Å². The van der Waals surface area contributed by atoms with Crippen LogP contribution in [0.25, 0.3) is 0 Å². The Morgan fingerprint density at radius 2 is 2.00 bits per heavy atom. The van der Waals surface area contributed by atoms with E-state index in [1.165, 1.54) is 12.5 Å². The molecule has 2 saturated carbocycles. The molecule has 9 heteroatoms. The lowest BCUT2D eigenvalue weighted by atomic mass is 9.86. The smallest absolute Gasteiger partial charge is 0.222 e. The largest absolute Gasteiger partial charge is 0.490 e. The van der Waals surface area contributed by atoms with Crippen molar-refractivity contribution in [3.05, 3.63) is 29.6 Å². The van der Waals surface area contributed by atoms with E-state index < -0.39 is 27.6 Å². The summed E-state index contributed by atoms with van der Waals surface area (Å²) in [6.07, 6.45) is 6.99. The number of sulfonamides is 1. The number of hydrogen-bond donors (Lipinski definition) is 3. The molecule has 0 bridgehead atoms. The number of carbonyl (C=O) groups excluding carboxylic acids is 1. The van der Waals surface area contributed by atoms with Crippen LogP contribution in [0.2, 0.25) is 0 Å². The van der Waals surface area contributed by atoms with Crippen LogP contribution in [0.15, 0.2) is 18.2 Å². The van der Waals surface area contributed by atoms with Crippen molar-refractivity contribution in [1.29, 1.82) is 0 Å². The zero-order valence-corrected chi connectivity index (χ0v) is 19.1. The number of ether oxygens (including phenoxy) is 1. The van der Waals surface area contributed by atoms with Gasteiger partial charge in [0.25, 0.3) is 0 Å². The Kier molecular flexibility index (Phi) is 7.07. The Balaban J connectivity index is 1.25. The number of aliphatic hydroxyl groups excluding tert-OH is 1. The van der Waals surface area contributed by atoms with E-state index in [1.54, 1.807) is 12.1 Å². The molecule has 7 nitrogen and oxygen atoms in total. The third-order valence-electron chi connectivity index (χ3n) is 6.97. The van der Waals surface area contributed by atoms with Crippen LogP contribution in [-0.4, -0.2) is 38.0 Å². The minimum absolute atomic E-state index is 0.0192. The number of rotatable bonds is 12. The monoisotopic (exact) mass is 468 g/mol. The molecule has 2 aliphatic carbocycles. The molecule has 1 aromatic carbocycles. The maximum atomic E-state index is 14.2. The SMILES string of the molecule is O=C1CC(CCCCCS(=O)(=O)NC2(c3ccc(F)c(OCC4CCC4)c3)CC2)C(O)N1. The number of nitrogens with one attached hydrogen (secondary N) is 2. The molecule has 1 heterocycles. The molecule has 0 radical (unpaired) electrons. The number of aliphatic hydroxyl groups is 1. The summed E-state index contributed by atoms with van der Waals surface area (Å²) in [5.41, 5.74) is 0.0830. The molecule has 32 heavy (non-hydrogen) atoms. The minimum atomic E-state index is -3.49. The maximum Gasteiger partial charge on any atom is 0.222 e. The van der Waals surface area contributed by atoms with Gasteiger partial charge in [-0.15, -0.1) is 0 Å². The van der Waals surface area contributed by atoms with E-state index in [2.05, 4.69) is 10.0 Å². The van der Waals surface area contributed by atoms with Crippen molar-refractivity contribution in [2.45, 2.75) is 76.0 Å². The number of halogens is 1. The molecule has 2 unspecified atom stereocenters. The number of benzene rings is 1. The Labute approximate surface area is 189 Å². The average molecular weight is 469 g/mol. The summed E-state index contributed by atoms with van der Waals surface area (Å²) >= 11 is 0. The second-order valence-electron chi connectivity index (χ2n) is 9.58. The standard InChI is InChI=1S/C23H33FN2O5S/c24-19-9-8-18(14-20(19)31-15-16-5-4-6-16)23(10-11-23)26-32(29,30)12-3-1-2-7-17-13-21(27)25-22(17)28/h8-9,14,16-17,22,26,28H,1-7,10-13,15H2,(H,25,27). The lowest BCUT2D eigenvalue weighted by Crippen LogP contribution is -2.36. The van der Waals surface area contributed by atoms with Crippen molar-refractivity contribution in [2.75, 3.05) is 12.4 Å². The van der Waals surface area contributed by atoms with Gasteiger partial charge < -0.3 is 15.2 Å². The van der Waals surface area contributed by atoms with Crippen LogP contribution in [0.5, 0.6) is 5.75 Å². The van der Waals surface area contributed by atoms with Crippen molar-refractivity contribution in [2.24, 2.45) is 11.8 Å². The number of amides is 1. The molecule has 0 aromatic heterocycles. The molecule has 178 valence electrons. The average Bonchev–Trinajstić information content (AvgIpc) is 3.38. The molecule has 3 fully saturated rings.